The second-order valence-corrected chi connectivity index (χ2v) is 8.60. The molecule has 3 rings (SSSR count). The highest BCUT2D eigenvalue weighted by atomic mass is 32.2. The van der Waals surface area contributed by atoms with E-state index >= 15 is 0 Å². The SMILES string of the molecule is CCCOc1c[nH]c(CS(=O)Cc2cc(=O)c(OCc3ccccc3)cn2C)cc1=O. The zero-order valence-electron chi connectivity index (χ0n) is 17.6. The molecule has 1 atom stereocenters. The highest BCUT2D eigenvalue weighted by Crippen LogP contribution is 2.12. The summed E-state index contributed by atoms with van der Waals surface area (Å²) in [5, 5.41) is 0. The number of H-pyrrole nitrogens is 1. The molecule has 1 aromatic carbocycles. The number of hydrogen-bond acceptors (Lipinski definition) is 5. The van der Waals surface area contributed by atoms with Gasteiger partial charge in [0.25, 0.3) is 0 Å². The molecule has 0 saturated heterocycles. The molecule has 0 aliphatic heterocycles. The van der Waals surface area contributed by atoms with Crippen molar-refractivity contribution in [3.05, 3.63) is 92.3 Å². The zero-order valence-corrected chi connectivity index (χ0v) is 18.4. The van der Waals surface area contributed by atoms with Gasteiger partial charge in [-0.25, -0.2) is 0 Å². The summed E-state index contributed by atoms with van der Waals surface area (Å²) in [7, 11) is 0.469. The van der Waals surface area contributed by atoms with Gasteiger partial charge in [-0.3, -0.25) is 13.8 Å². The first-order valence-electron chi connectivity index (χ1n) is 10.0. The fourth-order valence-corrected chi connectivity index (χ4v) is 4.16. The van der Waals surface area contributed by atoms with E-state index in [1.807, 2.05) is 37.3 Å². The second kappa shape index (κ2) is 10.8. The predicted octanol–water partition coefficient (Wildman–Crippen LogP) is 2.89. The molecule has 0 aliphatic rings. The first kappa shape index (κ1) is 22.6. The quantitative estimate of drug-likeness (QED) is 0.521. The molecule has 1 N–H and O–H groups in total. The number of benzene rings is 1. The van der Waals surface area contributed by atoms with E-state index in [-0.39, 0.29) is 33.9 Å². The molecule has 0 aliphatic carbocycles. The number of aromatic nitrogens is 2. The Kier molecular flexibility index (Phi) is 7.83. The fourth-order valence-electron chi connectivity index (χ4n) is 2.93. The van der Waals surface area contributed by atoms with Crippen molar-refractivity contribution in [3.63, 3.8) is 0 Å². The van der Waals surface area contributed by atoms with Crippen LogP contribution in [0.1, 0.15) is 30.3 Å². The number of rotatable bonds is 10. The van der Waals surface area contributed by atoms with Gasteiger partial charge in [-0.2, -0.15) is 0 Å². The predicted molar refractivity (Wildman–Crippen MR) is 121 cm³/mol. The molecule has 31 heavy (non-hydrogen) atoms. The number of hydrogen-bond donors (Lipinski definition) is 1. The second-order valence-electron chi connectivity index (χ2n) is 7.14. The molecular formula is C23H26N2O5S. The standard InChI is InChI=1S/C23H26N2O5S/c1-3-9-29-22-12-24-18(10-20(22)26)15-31(28)16-19-11-21(27)23(13-25(19)2)30-14-17-7-5-4-6-8-17/h4-8,10-13H,3,9,14-16H2,1-2H3,(H,24,26). The van der Waals surface area contributed by atoms with E-state index in [1.54, 1.807) is 17.8 Å². The minimum Gasteiger partial charge on any atom is -0.488 e. The number of nitrogens with one attached hydrogen (secondary N) is 1. The lowest BCUT2D eigenvalue weighted by atomic mass is 10.2. The molecule has 7 nitrogen and oxygen atoms in total. The van der Waals surface area contributed by atoms with Crippen LogP contribution in [0.5, 0.6) is 11.5 Å². The third kappa shape index (κ3) is 6.42. The average molecular weight is 443 g/mol. The van der Waals surface area contributed by atoms with Gasteiger partial charge in [0.2, 0.25) is 10.9 Å². The maximum Gasteiger partial charge on any atom is 0.223 e. The normalized spacial score (nSPS) is 11.8. The van der Waals surface area contributed by atoms with Crippen molar-refractivity contribution in [2.24, 2.45) is 7.05 Å². The van der Waals surface area contributed by atoms with Crippen molar-refractivity contribution in [3.8, 4) is 11.5 Å². The van der Waals surface area contributed by atoms with Crippen molar-refractivity contribution >= 4 is 10.8 Å². The van der Waals surface area contributed by atoms with Crippen LogP contribution in [0.25, 0.3) is 0 Å². The van der Waals surface area contributed by atoms with Crippen LogP contribution in [-0.2, 0) is 36.0 Å². The molecule has 0 amide bonds. The first-order valence-corrected chi connectivity index (χ1v) is 11.5. The van der Waals surface area contributed by atoms with Crippen molar-refractivity contribution in [1.82, 2.24) is 9.55 Å². The summed E-state index contributed by atoms with van der Waals surface area (Å²) in [4.78, 5) is 27.5. The van der Waals surface area contributed by atoms with Crippen LogP contribution in [-0.4, -0.2) is 20.4 Å². The van der Waals surface area contributed by atoms with E-state index in [0.717, 1.165) is 12.0 Å². The van der Waals surface area contributed by atoms with Gasteiger partial charge in [0.15, 0.2) is 11.5 Å². The topological polar surface area (TPSA) is 90.4 Å². The number of aromatic amines is 1. The smallest absolute Gasteiger partial charge is 0.223 e. The van der Waals surface area contributed by atoms with Crippen LogP contribution in [0, 0.1) is 0 Å². The Bertz CT molecular complexity index is 1150. The van der Waals surface area contributed by atoms with Gasteiger partial charge in [-0.05, 0) is 12.0 Å². The Hall–Kier alpha value is -3.13. The average Bonchev–Trinajstić information content (AvgIpc) is 2.75. The van der Waals surface area contributed by atoms with Crippen molar-refractivity contribution < 1.29 is 13.7 Å². The Morgan fingerprint density at radius 2 is 1.74 bits per heavy atom. The maximum absolute atomic E-state index is 12.6. The van der Waals surface area contributed by atoms with E-state index in [4.69, 9.17) is 9.47 Å². The lowest BCUT2D eigenvalue weighted by Crippen LogP contribution is -2.16. The largest absolute Gasteiger partial charge is 0.488 e. The van der Waals surface area contributed by atoms with Crippen molar-refractivity contribution in [2.75, 3.05) is 6.61 Å². The molecule has 1 unspecified atom stereocenters. The molecule has 0 fully saturated rings. The van der Waals surface area contributed by atoms with Crippen LogP contribution in [0.3, 0.4) is 0 Å². The third-order valence-electron chi connectivity index (χ3n) is 4.57. The minimum absolute atomic E-state index is 0.170. The molecular weight excluding hydrogens is 416 g/mol. The summed E-state index contributed by atoms with van der Waals surface area (Å²) in [6, 6.07) is 12.4. The Morgan fingerprint density at radius 3 is 2.45 bits per heavy atom. The van der Waals surface area contributed by atoms with E-state index < -0.39 is 10.8 Å². The summed E-state index contributed by atoms with van der Waals surface area (Å²) >= 11 is 0. The summed E-state index contributed by atoms with van der Waals surface area (Å²) in [5.74, 6) is 0.850. The van der Waals surface area contributed by atoms with Gasteiger partial charge in [0.05, 0.1) is 24.3 Å². The third-order valence-corrected chi connectivity index (χ3v) is 5.82. The molecule has 164 valence electrons. The van der Waals surface area contributed by atoms with Gasteiger partial charge in [0, 0.05) is 47.6 Å². The molecule has 3 aromatic rings. The number of aryl methyl sites for hydroxylation is 1. The Balaban J connectivity index is 1.63. The molecule has 0 bridgehead atoms. The zero-order chi connectivity index (χ0) is 22.2. The first-order chi connectivity index (χ1) is 15.0. The summed E-state index contributed by atoms with van der Waals surface area (Å²) < 4.78 is 25.4. The highest BCUT2D eigenvalue weighted by Gasteiger charge is 2.11. The van der Waals surface area contributed by atoms with E-state index in [9.17, 15) is 13.8 Å². The Morgan fingerprint density at radius 1 is 1.00 bits per heavy atom. The van der Waals surface area contributed by atoms with E-state index in [1.165, 1.54) is 18.3 Å². The summed E-state index contributed by atoms with van der Waals surface area (Å²) in [5.41, 5.74) is 1.65. The number of nitrogens with zero attached hydrogens (tertiary/aromatic N) is 1. The summed E-state index contributed by atoms with van der Waals surface area (Å²) in [6.07, 6.45) is 3.92. The van der Waals surface area contributed by atoms with Gasteiger partial charge in [-0.15, -0.1) is 0 Å². The molecule has 8 heteroatoms. The number of ether oxygens (including phenoxy) is 2. The van der Waals surface area contributed by atoms with Crippen LogP contribution < -0.4 is 20.3 Å². The summed E-state index contributed by atoms with van der Waals surface area (Å²) in [6.45, 7) is 2.72. The van der Waals surface area contributed by atoms with Gasteiger partial charge < -0.3 is 19.0 Å². The monoisotopic (exact) mass is 442 g/mol. The van der Waals surface area contributed by atoms with Gasteiger partial charge in [0.1, 0.15) is 6.61 Å². The maximum atomic E-state index is 12.6. The lowest BCUT2D eigenvalue weighted by molar-refractivity contribution is 0.300. The minimum atomic E-state index is -1.31. The van der Waals surface area contributed by atoms with E-state index in [2.05, 4.69) is 4.98 Å². The van der Waals surface area contributed by atoms with Crippen molar-refractivity contribution in [1.29, 1.82) is 0 Å². The van der Waals surface area contributed by atoms with E-state index in [0.29, 0.717) is 24.6 Å². The van der Waals surface area contributed by atoms with Crippen LogP contribution >= 0.6 is 0 Å². The van der Waals surface area contributed by atoms with Crippen molar-refractivity contribution in [2.45, 2.75) is 31.5 Å². The Labute approximate surface area is 183 Å². The van der Waals surface area contributed by atoms with Crippen LogP contribution in [0.2, 0.25) is 0 Å². The highest BCUT2D eigenvalue weighted by molar-refractivity contribution is 7.83. The molecule has 0 spiro atoms. The number of pyridine rings is 2. The van der Waals surface area contributed by atoms with Gasteiger partial charge in [-0.1, -0.05) is 37.3 Å². The fraction of sp³-hybridized carbons (Fsp3) is 0.304. The van der Waals surface area contributed by atoms with Crippen LogP contribution in [0.15, 0.2) is 64.4 Å². The van der Waals surface area contributed by atoms with Gasteiger partial charge >= 0.3 is 0 Å². The molecule has 0 saturated carbocycles. The lowest BCUT2D eigenvalue weighted by Gasteiger charge is -2.12. The molecule has 0 radical (unpaired) electrons. The molecule has 2 heterocycles. The molecule has 2 aromatic heterocycles. The van der Waals surface area contributed by atoms with Crippen LogP contribution in [0.4, 0.5) is 0 Å².